The van der Waals surface area contributed by atoms with Crippen LogP contribution in [0.25, 0.3) is 0 Å². The van der Waals surface area contributed by atoms with Gasteiger partial charge < -0.3 is 10.1 Å². The Bertz CT molecular complexity index is 619. The van der Waals surface area contributed by atoms with Gasteiger partial charge in [0.1, 0.15) is 0 Å². The lowest BCUT2D eigenvalue weighted by molar-refractivity contribution is 0.0526. The molecule has 1 aromatic carbocycles. The topological polar surface area (TPSA) is 86.1 Å². The molecule has 0 fully saturated rings. The standard InChI is InChI=1S/C13H14N4O3/c1-3-20-13(19)9-4-6-10(7-5-9)15-12(18)11-8-14-17(2)16-11/h4-8H,3H2,1-2H3,(H,15,18). The highest BCUT2D eigenvalue weighted by Crippen LogP contribution is 2.11. The Morgan fingerprint density at radius 3 is 2.55 bits per heavy atom. The summed E-state index contributed by atoms with van der Waals surface area (Å²) in [6, 6.07) is 6.43. The van der Waals surface area contributed by atoms with Crippen LogP contribution < -0.4 is 5.32 Å². The van der Waals surface area contributed by atoms with Gasteiger partial charge in [-0.15, -0.1) is 5.10 Å². The fourth-order valence-electron chi connectivity index (χ4n) is 1.55. The van der Waals surface area contributed by atoms with E-state index in [1.54, 1.807) is 38.2 Å². The molecule has 0 atom stereocenters. The maximum atomic E-state index is 11.8. The number of carbonyl (C=O) groups excluding carboxylic acids is 2. The van der Waals surface area contributed by atoms with E-state index >= 15 is 0 Å². The number of benzene rings is 1. The third-order valence-corrected chi connectivity index (χ3v) is 2.49. The number of anilines is 1. The zero-order valence-electron chi connectivity index (χ0n) is 11.2. The molecule has 0 aliphatic heterocycles. The molecule has 2 rings (SSSR count). The molecule has 1 heterocycles. The summed E-state index contributed by atoms with van der Waals surface area (Å²) in [5.74, 6) is -0.749. The van der Waals surface area contributed by atoms with Crippen molar-refractivity contribution < 1.29 is 14.3 Å². The Morgan fingerprint density at radius 1 is 1.30 bits per heavy atom. The zero-order valence-corrected chi connectivity index (χ0v) is 11.2. The first-order valence-corrected chi connectivity index (χ1v) is 6.05. The average molecular weight is 274 g/mol. The molecule has 20 heavy (non-hydrogen) atoms. The molecule has 2 aromatic rings. The van der Waals surface area contributed by atoms with E-state index in [0.717, 1.165) is 0 Å². The van der Waals surface area contributed by atoms with Crippen molar-refractivity contribution >= 4 is 17.6 Å². The van der Waals surface area contributed by atoms with Crippen LogP contribution in [-0.4, -0.2) is 33.5 Å². The van der Waals surface area contributed by atoms with E-state index in [0.29, 0.717) is 17.9 Å². The van der Waals surface area contributed by atoms with Gasteiger partial charge in [-0.3, -0.25) is 4.79 Å². The minimum atomic E-state index is -0.390. The molecule has 104 valence electrons. The number of aryl methyl sites for hydroxylation is 1. The minimum Gasteiger partial charge on any atom is -0.462 e. The predicted molar refractivity (Wildman–Crippen MR) is 71.4 cm³/mol. The van der Waals surface area contributed by atoms with Crippen LogP contribution in [0.5, 0.6) is 0 Å². The number of esters is 1. The van der Waals surface area contributed by atoms with Gasteiger partial charge in [-0.05, 0) is 31.2 Å². The van der Waals surface area contributed by atoms with Crippen molar-refractivity contribution in [2.45, 2.75) is 6.92 Å². The fraction of sp³-hybridized carbons (Fsp3) is 0.231. The molecule has 0 saturated carbocycles. The SMILES string of the molecule is CCOC(=O)c1ccc(NC(=O)c2cnn(C)n2)cc1. The summed E-state index contributed by atoms with van der Waals surface area (Å²) in [5, 5.41) is 10.4. The van der Waals surface area contributed by atoms with Crippen molar-refractivity contribution in [1.29, 1.82) is 0 Å². The highest BCUT2D eigenvalue weighted by Gasteiger charge is 2.11. The molecule has 0 radical (unpaired) electrons. The number of carbonyl (C=O) groups is 2. The molecule has 0 aliphatic rings. The normalized spacial score (nSPS) is 10.1. The maximum Gasteiger partial charge on any atom is 0.338 e. The third kappa shape index (κ3) is 3.19. The highest BCUT2D eigenvalue weighted by molar-refractivity contribution is 6.02. The molecule has 0 saturated heterocycles. The first kappa shape index (κ1) is 13.7. The van der Waals surface area contributed by atoms with Gasteiger partial charge in [0.15, 0.2) is 5.69 Å². The number of aromatic nitrogens is 3. The largest absolute Gasteiger partial charge is 0.462 e. The summed E-state index contributed by atoms with van der Waals surface area (Å²) in [4.78, 5) is 24.6. The summed E-state index contributed by atoms with van der Waals surface area (Å²) in [7, 11) is 1.63. The monoisotopic (exact) mass is 274 g/mol. The van der Waals surface area contributed by atoms with Crippen LogP contribution in [0.4, 0.5) is 5.69 Å². The van der Waals surface area contributed by atoms with Gasteiger partial charge in [0, 0.05) is 12.7 Å². The molecular weight excluding hydrogens is 260 g/mol. The van der Waals surface area contributed by atoms with Gasteiger partial charge in [-0.25, -0.2) is 4.79 Å². The van der Waals surface area contributed by atoms with Crippen molar-refractivity contribution in [2.24, 2.45) is 7.05 Å². The number of hydrogen-bond acceptors (Lipinski definition) is 5. The van der Waals surface area contributed by atoms with Gasteiger partial charge in [0.05, 0.1) is 18.4 Å². The molecule has 0 bridgehead atoms. The average Bonchev–Trinajstić information content (AvgIpc) is 2.86. The van der Waals surface area contributed by atoms with Crippen molar-refractivity contribution in [1.82, 2.24) is 15.0 Å². The third-order valence-electron chi connectivity index (χ3n) is 2.49. The van der Waals surface area contributed by atoms with E-state index in [1.165, 1.54) is 11.0 Å². The lowest BCUT2D eigenvalue weighted by Crippen LogP contribution is -2.13. The summed E-state index contributed by atoms with van der Waals surface area (Å²) >= 11 is 0. The van der Waals surface area contributed by atoms with Gasteiger partial charge in [-0.1, -0.05) is 0 Å². The molecular formula is C13H14N4O3. The Hall–Kier alpha value is -2.70. The predicted octanol–water partition coefficient (Wildman–Crippen LogP) is 1.24. The lowest BCUT2D eigenvalue weighted by atomic mass is 10.2. The number of hydrogen-bond donors (Lipinski definition) is 1. The second-order valence-electron chi connectivity index (χ2n) is 3.97. The van der Waals surface area contributed by atoms with Crippen molar-refractivity contribution in [3.63, 3.8) is 0 Å². The van der Waals surface area contributed by atoms with Gasteiger partial charge in [0.25, 0.3) is 5.91 Å². The Kier molecular flexibility index (Phi) is 4.09. The van der Waals surface area contributed by atoms with Crippen LogP contribution in [0.2, 0.25) is 0 Å². The summed E-state index contributed by atoms with van der Waals surface area (Å²) in [6.07, 6.45) is 1.38. The Labute approximate surface area is 115 Å². The van der Waals surface area contributed by atoms with Crippen LogP contribution in [0, 0.1) is 0 Å². The summed E-state index contributed by atoms with van der Waals surface area (Å²) in [5.41, 5.74) is 1.22. The molecule has 7 heteroatoms. The number of ether oxygens (including phenoxy) is 1. The second kappa shape index (κ2) is 5.96. The van der Waals surface area contributed by atoms with Crippen LogP contribution in [0.3, 0.4) is 0 Å². The van der Waals surface area contributed by atoms with E-state index in [4.69, 9.17) is 4.74 Å². The molecule has 1 N–H and O–H groups in total. The number of nitrogens with one attached hydrogen (secondary N) is 1. The van der Waals surface area contributed by atoms with Crippen LogP contribution in [-0.2, 0) is 11.8 Å². The number of amides is 1. The Balaban J connectivity index is 2.04. The Morgan fingerprint density at radius 2 is 2.00 bits per heavy atom. The molecule has 7 nitrogen and oxygen atoms in total. The van der Waals surface area contributed by atoms with Crippen LogP contribution in [0.1, 0.15) is 27.8 Å². The minimum absolute atomic E-state index is 0.224. The van der Waals surface area contributed by atoms with Crippen molar-refractivity contribution in [3.05, 3.63) is 41.7 Å². The number of rotatable bonds is 4. The van der Waals surface area contributed by atoms with E-state index in [-0.39, 0.29) is 17.6 Å². The van der Waals surface area contributed by atoms with E-state index < -0.39 is 0 Å². The number of nitrogens with zero attached hydrogens (tertiary/aromatic N) is 3. The quantitative estimate of drug-likeness (QED) is 0.848. The van der Waals surface area contributed by atoms with Gasteiger partial charge in [0.2, 0.25) is 0 Å². The van der Waals surface area contributed by atoms with Crippen molar-refractivity contribution in [2.75, 3.05) is 11.9 Å². The van der Waals surface area contributed by atoms with Gasteiger partial charge in [-0.2, -0.15) is 9.90 Å². The van der Waals surface area contributed by atoms with E-state index in [1.807, 2.05) is 0 Å². The summed E-state index contributed by atoms with van der Waals surface area (Å²) < 4.78 is 4.87. The molecule has 0 aliphatic carbocycles. The molecule has 1 amide bonds. The zero-order chi connectivity index (χ0) is 14.5. The summed E-state index contributed by atoms with van der Waals surface area (Å²) in [6.45, 7) is 2.07. The molecule has 1 aromatic heterocycles. The first-order chi connectivity index (χ1) is 9.60. The van der Waals surface area contributed by atoms with Crippen molar-refractivity contribution in [3.8, 4) is 0 Å². The van der Waals surface area contributed by atoms with Crippen LogP contribution in [0.15, 0.2) is 30.5 Å². The first-order valence-electron chi connectivity index (χ1n) is 6.05. The molecule has 0 unspecified atom stereocenters. The smallest absolute Gasteiger partial charge is 0.338 e. The highest BCUT2D eigenvalue weighted by atomic mass is 16.5. The fourth-order valence-corrected chi connectivity index (χ4v) is 1.55. The van der Waals surface area contributed by atoms with Crippen LogP contribution >= 0.6 is 0 Å². The lowest BCUT2D eigenvalue weighted by Gasteiger charge is -2.05. The maximum absolute atomic E-state index is 11.8. The second-order valence-corrected chi connectivity index (χ2v) is 3.97. The van der Waals surface area contributed by atoms with E-state index in [9.17, 15) is 9.59 Å². The van der Waals surface area contributed by atoms with E-state index in [2.05, 4.69) is 15.5 Å². The van der Waals surface area contributed by atoms with Gasteiger partial charge >= 0.3 is 5.97 Å². The molecule has 0 spiro atoms.